The van der Waals surface area contributed by atoms with Crippen molar-refractivity contribution >= 4 is 104 Å². The van der Waals surface area contributed by atoms with Crippen LogP contribution in [0.2, 0.25) is 0 Å². The minimum Gasteiger partial charge on any atom is -0.237 e. The highest BCUT2D eigenvalue weighted by atomic mass is 35.6. The van der Waals surface area contributed by atoms with Crippen LogP contribution in [0.25, 0.3) is 0 Å². The van der Waals surface area contributed by atoms with Crippen molar-refractivity contribution in [3.63, 3.8) is 0 Å². The fraction of sp³-hybridized carbons (Fsp3) is 0.538. The maximum absolute atomic E-state index is 10.7. The molecule has 0 aliphatic rings. The Morgan fingerprint density at radius 1 is 0.696 bits per heavy atom. The smallest absolute Gasteiger partial charge is 0.216 e. The van der Waals surface area contributed by atoms with Gasteiger partial charge in [-0.25, -0.2) is 5.11 Å². The Bertz CT molecular complexity index is 505. The second-order valence-corrected chi connectivity index (χ2v) is 11.5. The van der Waals surface area contributed by atoms with Crippen molar-refractivity contribution in [3.05, 3.63) is 34.4 Å². The summed E-state index contributed by atoms with van der Waals surface area (Å²) in [5.74, 6) is 0. The molecule has 0 atom stereocenters. The Morgan fingerprint density at radius 3 is 1.43 bits per heavy atom. The number of halogens is 9. The SMILES string of the molecule is [O]CCCCc1c(C(Cl)(Cl)Cl)cc(C(Cl)(Cl)Cl)cc1C(Cl)(Cl)Cl. The molecule has 0 spiro atoms. The van der Waals surface area contributed by atoms with Gasteiger partial charge in [0, 0.05) is 16.7 Å². The molecular weight excluding hydrogens is 491 g/mol. The van der Waals surface area contributed by atoms with Gasteiger partial charge in [-0.05, 0) is 37.0 Å². The Kier molecular flexibility index (Phi) is 8.59. The highest BCUT2D eigenvalue weighted by Crippen LogP contribution is 2.50. The molecule has 0 heterocycles. The van der Waals surface area contributed by atoms with E-state index in [0.29, 0.717) is 24.8 Å². The minimum absolute atomic E-state index is 0.206. The molecule has 0 fully saturated rings. The number of unbranched alkanes of at least 4 members (excludes halogenated alkanes) is 1. The summed E-state index contributed by atoms with van der Waals surface area (Å²) in [5.41, 5.74) is 1.21. The summed E-state index contributed by atoms with van der Waals surface area (Å²) in [7, 11) is 0. The summed E-state index contributed by atoms with van der Waals surface area (Å²) in [6.45, 7) is -0.224. The molecular formula is C13H10Cl9O. The number of hydrogen-bond donors (Lipinski definition) is 0. The van der Waals surface area contributed by atoms with Crippen molar-refractivity contribution in [1.29, 1.82) is 0 Å². The molecule has 23 heavy (non-hydrogen) atoms. The van der Waals surface area contributed by atoms with Crippen LogP contribution < -0.4 is 0 Å². The average Bonchev–Trinajstić information content (AvgIpc) is 2.35. The molecule has 0 saturated heterocycles. The van der Waals surface area contributed by atoms with E-state index in [1.54, 1.807) is 0 Å². The van der Waals surface area contributed by atoms with Crippen LogP contribution in [-0.2, 0) is 22.9 Å². The van der Waals surface area contributed by atoms with Crippen LogP contribution in [0.3, 0.4) is 0 Å². The molecule has 0 aliphatic heterocycles. The molecule has 10 heteroatoms. The van der Waals surface area contributed by atoms with E-state index < -0.39 is 11.4 Å². The van der Waals surface area contributed by atoms with Crippen LogP contribution in [-0.4, -0.2) is 6.61 Å². The van der Waals surface area contributed by atoms with Crippen LogP contribution >= 0.6 is 104 Å². The van der Waals surface area contributed by atoms with E-state index in [1.807, 2.05) is 0 Å². The van der Waals surface area contributed by atoms with Crippen molar-refractivity contribution in [1.82, 2.24) is 0 Å². The molecule has 0 aliphatic carbocycles. The molecule has 0 N–H and O–H groups in total. The molecule has 131 valence electrons. The van der Waals surface area contributed by atoms with E-state index >= 15 is 0 Å². The Hall–Kier alpha value is 1.79. The maximum Gasteiger partial charge on any atom is 0.216 e. The van der Waals surface area contributed by atoms with E-state index in [4.69, 9.17) is 104 Å². The standard InChI is InChI=1S/C13H10Cl9O/c14-11(15,16)7-5-9(12(17,18)19)8(3-1-2-4-23)10(6-7)13(20,21)22/h5-6H,1-4H2. The van der Waals surface area contributed by atoms with E-state index in [0.717, 1.165) is 0 Å². The topological polar surface area (TPSA) is 19.9 Å². The number of hydrogen-bond acceptors (Lipinski definition) is 0. The van der Waals surface area contributed by atoms with E-state index in [-0.39, 0.29) is 23.3 Å². The third kappa shape index (κ3) is 6.79. The van der Waals surface area contributed by atoms with Crippen molar-refractivity contribution in [2.75, 3.05) is 6.61 Å². The van der Waals surface area contributed by atoms with Gasteiger partial charge in [0.2, 0.25) is 11.4 Å². The summed E-state index contributed by atoms with van der Waals surface area (Å²) in [5, 5.41) is 10.7. The maximum atomic E-state index is 10.7. The molecule has 1 aromatic rings. The lowest BCUT2D eigenvalue weighted by atomic mass is 9.95. The normalized spacial score (nSPS) is 13.5. The summed E-state index contributed by atoms with van der Waals surface area (Å²) in [4.78, 5) is 0. The van der Waals surface area contributed by atoms with Gasteiger partial charge in [-0.1, -0.05) is 104 Å². The second kappa shape index (κ2) is 8.65. The van der Waals surface area contributed by atoms with Crippen LogP contribution in [0, 0.1) is 0 Å². The summed E-state index contributed by atoms with van der Waals surface area (Å²) < 4.78 is -5.42. The van der Waals surface area contributed by atoms with Crippen molar-refractivity contribution in [2.45, 2.75) is 30.6 Å². The second-order valence-electron chi connectivity index (χ2n) is 4.70. The fourth-order valence-electron chi connectivity index (χ4n) is 2.01. The summed E-state index contributed by atoms with van der Waals surface area (Å²) in [6.07, 6.45) is 1.36. The molecule has 0 aromatic heterocycles. The van der Waals surface area contributed by atoms with Gasteiger partial charge >= 0.3 is 0 Å². The largest absolute Gasteiger partial charge is 0.237 e. The number of benzene rings is 1. The first kappa shape index (κ1) is 22.8. The molecule has 0 unspecified atom stereocenters. The van der Waals surface area contributed by atoms with Gasteiger partial charge in [0.15, 0.2) is 0 Å². The molecule has 0 amide bonds. The van der Waals surface area contributed by atoms with Crippen LogP contribution in [0.1, 0.15) is 35.1 Å². The molecule has 0 saturated carbocycles. The average molecular weight is 501 g/mol. The Labute approximate surface area is 180 Å². The lowest BCUT2D eigenvalue weighted by molar-refractivity contribution is 0.187. The molecule has 1 rings (SSSR count). The zero-order valence-corrected chi connectivity index (χ0v) is 18.1. The van der Waals surface area contributed by atoms with Gasteiger partial charge in [-0.15, -0.1) is 0 Å². The number of rotatable bonds is 4. The van der Waals surface area contributed by atoms with Gasteiger partial charge in [-0.2, -0.15) is 0 Å². The monoisotopic (exact) mass is 497 g/mol. The molecule has 1 aromatic carbocycles. The van der Waals surface area contributed by atoms with Gasteiger partial charge in [0.1, 0.15) is 0 Å². The van der Waals surface area contributed by atoms with E-state index in [1.165, 1.54) is 12.1 Å². The highest BCUT2D eigenvalue weighted by molar-refractivity contribution is 6.68. The van der Waals surface area contributed by atoms with Crippen molar-refractivity contribution in [2.24, 2.45) is 0 Å². The Morgan fingerprint density at radius 2 is 1.13 bits per heavy atom. The van der Waals surface area contributed by atoms with Crippen LogP contribution in [0.4, 0.5) is 0 Å². The third-order valence-corrected chi connectivity index (χ3v) is 4.89. The van der Waals surface area contributed by atoms with Crippen LogP contribution in [0.15, 0.2) is 12.1 Å². The first-order valence-electron chi connectivity index (χ1n) is 6.25. The zero-order chi connectivity index (χ0) is 18.1. The molecule has 1 nitrogen and oxygen atoms in total. The summed E-state index contributed by atoms with van der Waals surface area (Å²) in [6, 6.07) is 2.90. The van der Waals surface area contributed by atoms with Gasteiger partial charge < -0.3 is 0 Å². The molecule has 1 radical (unpaired) electrons. The van der Waals surface area contributed by atoms with E-state index in [2.05, 4.69) is 0 Å². The summed E-state index contributed by atoms with van der Waals surface area (Å²) >= 11 is 53.9. The molecule has 0 bridgehead atoms. The van der Waals surface area contributed by atoms with Crippen molar-refractivity contribution in [3.8, 4) is 0 Å². The lowest BCUT2D eigenvalue weighted by Crippen LogP contribution is -2.16. The quantitative estimate of drug-likeness (QED) is 0.295. The van der Waals surface area contributed by atoms with E-state index in [9.17, 15) is 5.11 Å². The van der Waals surface area contributed by atoms with Crippen molar-refractivity contribution < 1.29 is 5.11 Å². The van der Waals surface area contributed by atoms with Crippen LogP contribution in [0.5, 0.6) is 0 Å². The predicted molar refractivity (Wildman–Crippen MR) is 103 cm³/mol. The van der Waals surface area contributed by atoms with Gasteiger partial charge in [0.25, 0.3) is 0 Å². The first-order valence-corrected chi connectivity index (χ1v) is 9.65. The third-order valence-electron chi connectivity index (χ3n) is 3.01. The lowest BCUT2D eigenvalue weighted by Gasteiger charge is -2.26. The van der Waals surface area contributed by atoms with Gasteiger partial charge in [-0.3, -0.25) is 0 Å². The minimum atomic E-state index is -1.82. The fourth-order valence-corrected chi connectivity index (χ4v) is 3.35. The number of alkyl halides is 9. The first-order chi connectivity index (χ1) is 10.3. The highest BCUT2D eigenvalue weighted by Gasteiger charge is 2.36. The predicted octanol–water partition coefficient (Wildman–Crippen LogP) is 7.92. The zero-order valence-electron chi connectivity index (χ0n) is 11.3. The Balaban J connectivity index is 3.61. The van der Waals surface area contributed by atoms with Gasteiger partial charge in [0.05, 0.1) is 6.61 Å².